The quantitative estimate of drug-likeness (QED) is 0.271. The maximum atomic E-state index is 12.8. The number of aryl methyl sites for hydroxylation is 1. The maximum Gasteiger partial charge on any atom is 0.266 e. The first kappa shape index (κ1) is 20.6. The predicted molar refractivity (Wildman–Crippen MR) is 129 cm³/mol. The molecule has 4 aromatic rings. The minimum Gasteiger partial charge on any atom is -0.321 e. The molecule has 4 nitrogen and oxygen atoms in total. The Balaban J connectivity index is 1.63. The highest BCUT2D eigenvalue weighted by molar-refractivity contribution is 9.10. The topological polar surface area (TPSA) is 57.8 Å². The van der Waals surface area contributed by atoms with Crippen molar-refractivity contribution in [3.63, 3.8) is 0 Å². The number of rotatable bonds is 4. The van der Waals surface area contributed by atoms with E-state index >= 15 is 0 Å². The van der Waals surface area contributed by atoms with E-state index < -0.39 is 5.91 Å². The molecule has 5 heteroatoms. The van der Waals surface area contributed by atoms with Crippen molar-refractivity contribution in [2.24, 2.45) is 0 Å². The van der Waals surface area contributed by atoms with Crippen LogP contribution in [0, 0.1) is 25.2 Å². The average Bonchev–Trinajstić information content (AvgIpc) is 3.05. The fraction of sp³-hybridized carbons (Fsp3) is 0.0769. The average molecular weight is 470 g/mol. The second-order valence-electron chi connectivity index (χ2n) is 7.32. The number of benzene rings is 3. The number of halogens is 1. The van der Waals surface area contributed by atoms with Crippen LogP contribution in [-0.2, 0) is 4.79 Å². The van der Waals surface area contributed by atoms with Gasteiger partial charge >= 0.3 is 0 Å². The summed E-state index contributed by atoms with van der Waals surface area (Å²) in [6.45, 7) is 3.99. The second-order valence-corrected chi connectivity index (χ2v) is 8.24. The van der Waals surface area contributed by atoms with Gasteiger partial charge in [-0.1, -0.05) is 46.3 Å². The molecule has 1 amide bonds. The molecule has 0 aliphatic heterocycles. The van der Waals surface area contributed by atoms with Crippen LogP contribution in [0.3, 0.4) is 0 Å². The summed E-state index contributed by atoms with van der Waals surface area (Å²) < 4.78 is 3.12. The van der Waals surface area contributed by atoms with Crippen LogP contribution in [0.15, 0.2) is 82.8 Å². The maximum absolute atomic E-state index is 12.8. The van der Waals surface area contributed by atoms with Gasteiger partial charge in [0.25, 0.3) is 5.91 Å². The first-order chi connectivity index (χ1) is 15.0. The lowest BCUT2D eigenvalue weighted by Crippen LogP contribution is -2.13. The Kier molecular flexibility index (Phi) is 5.75. The van der Waals surface area contributed by atoms with E-state index in [9.17, 15) is 10.1 Å². The number of nitrogens with one attached hydrogen (secondary N) is 1. The van der Waals surface area contributed by atoms with Gasteiger partial charge in [-0.05, 0) is 78.7 Å². The third-order valence-corrected chi connectivity index (χ3v) is 5.76. The highest BCUT2D eigenvalue weighted by Crippen LogP contribution is 2.25. The van der Waals surface area contributed by atoms with Crippen LogP contribution < -0.4 is 5.32 Å². The van der Waals surface area contributed by atoms with E-state index in [1.165, 1.54) is 0 Å². The number of carbonyl (C=O) groups is 1. The smallest absolute Gasteiger partial charge is 0.266 e. The number of nitrogens with zero attached hydrogens (tertiary/aromatic N) is 2. The molecule has 4 rings (SSSR count). The molecule has 1 heterocycles. The molecule has 0 radical (unpaired) electrons. The van der Waals surface area contributed by atoms with Gasteiger partial charge in [0.2, 0.25) is 0 Å². The standard InChI is InChI=1S/C26H20BrN3O/c1-17-13-21(18(2)30(17)25-11-8-23(27)9-12-25)14-22(16-28)26(31)29-24-10-7-19-5-3-4-6-20(19)15-24/h3-15H,1-2H3,(H,29,31)/b22-14+. The van der Waals surface area contributed by atoms with E-state index in [4.69, 9.17) is 0 Å². The fourth-order valence-corrected chi connectivity index (χ4v) is 3.96. The Bertz CT molecular complexity index is 1360. The highest BCUT2D eigenvalue weighted by Gasteiger charge is 2.14. The number of fused-ring (bicyclic) bond motifs is 1. The summed E-state index contributed by atoms with van der Waals surface area (Å²) in [6.07, 6.45) is 1.65. The van der Waals surface area contributed by atoms with Gasteiger partial charge in [-0.3, -0.25) is 4.79 Å². The zero-order valence-corrected chi connectivity index (χ0v) is 18.8. The lowest BCUT2D eigenvalue weighted by Gasteiger charge is -2.10. The lowest BCUT2D eigenvalue weighted by atomic mass is 10.1. The van der Waals surface area contributed by atoms with Crippen LogP contribution in [0.2, 0.25) is 0 Å². The Labute approximate surface area is 189 Å². The van der Waals surface area contributed by atoms with Gasteiger partial charge in [0.05, 0.1) is 0 Å². The van der Waals surface area contributed by atoms with E-state index in [0.29, 0.717) is 5.69 Å². The largest absolute Gasteiger partial charge is 0.321 e. The third-order valence-electron chi connectivity index (χ3n) is 5.23. The minimum absolute atomic E-state index is 0.0595. The predicted octanol–water partition coefficient (Wildman–Crippen LogP) is 6.56. The number of hydrogen-bond donors (Lipinski definition) is 1. The van der Waals surface area contributed by atoms with Crippen LogP contribution >= 0.6 is 15.9 Å². The number of anilines is 1. The molecule has 0 atom stereocenters. The molecule has 0 spiro atoms. The van der Waals surface area contributed by atoms with Crippen molar-refractivity contribution in [3.05, 3.63) is 99.8 Å². The molecule has 0 aliphatic carbocycles. The Morgan fingerprint density at radius 3 is 2.42 bits per heavy atom. The summed E-state index contributed by atoms with van der Waals surface area (Å²) >= 11 is 3.46. The van der Waals surface area contributed by atoms with Crippen LogP contribution in [0.25, 0.3) is 22.5 Å². The van der Waals surface area contributed by atoms with Crippen molar-refractivity contribution in [2.45, 2.75) is 13.8 Å². The summed E-state index contributed by atoms with van der Waals surface area (Å²) in [6, 6.07) is 25.7. The summed E-state index contributed by atoms with van der Waals surface area (Å²) in [5, 5.41) is 14.6. The van der Waals surface area contributed by atoms with Gasteiger partial charge in [0.1, 0.15) is 11.6 Å². The van der Waals surface area contributed by atoms with Crippen LogP contribution in [0.4, 0.5) is 5.69 Å². The van der Waals surface area contributed by atoms with Crippen molar-refractivity contribution in [1.29, 1.82) is 5.26 Å². The number of nitriles is 1. The van der Waals surface area contributed by atoms with Gasteiger partial charge in [-0.15, -0.1) is 0 Å². The molecule has 1 aromatic heterocycles. The molecular formula is C26H20BrN3O. The molecule has 1 N–H and O–H groups in total. The first-order valence-corrected chi connectivity index (χ1v) is 10.6. The molecule has 0 fully saturated rings. The van der Waals surface area contributed by atoms with E-state index in [1.54, 1.807) is 6.08 Å². The van der Waals surface area contributed by atoms with Crippen molar-refractivity contribution < 1.29 is 4.79 Å². The van der Waals surface area contributed by atoms with Gasteiger partial charge < -0.3 is 9.88 Å². The van der Waals surface area contributed by atoms with Crippen molar-refractivity contribution >= 4 is 44.4 Å². The van der Waals surface area contributed by atoms with E-state index in [-0.39, 0.29) is 5.57 Å². The van der Waals surface area contributed by atoms with Crippen LogP contribution in [0.5, 0.6) is 0 Å². The molecule has 0 saturated heterocycles. The first-order valence-electron chi connectivity index (χ1n) is 9.83. The molecule has 0 unspecified atom stereocenters. The third kappa shape index (κ3) is 4.30. The highest BCUT2D eigenvalue weighted by atomic mass is 79.9. The molecule has 152 valence electrons. The zero-order valence-electron chi connectivity index (χ0n) is 17.2. The van der Waals surface area contributed by atoms with E-state index in [0.717, 1.165) is 37.9 Å². The number of carbonyl (C=O) groups excluding carboxylic acids is 1. The molecule has 31 heavy (non-hydrogen) atoms. The summed E-state index contributed by atoms with van der Waals surface area (Å²) in [5.41, 5.74) is 4.57. The van der Waals surface area contributed by atoms with Gasteiger partial charge in [0.15, 0.2) is 0 Å². The van der Waals surface area contributed by atoms with Crippen LogP contribution in [-0.4, -0.2) is 10.5 Å². The lowest BCUT2D eigenvalue weighted by molar-refractivity contribution is -0.112. The van der Waals surface area contributed by atoms with E-state index in [1.807, 2.05) is 92.7 Å². The Morgan fingerprint density at radius 1 is 1.00 bits per heavy atom. The normalized spacial score (nSPS) is 11.4. The van der Waals surface area contributed by atoms with Gasteiger partial charge in [0, 0.05) is 27.2 Å². The minimum atomic E-state index is -0.425. The molecule has 0 aliphatic rings. The fourth-order valence-electron chi connectivity index (χ4n) is 3.69. The SMILES string of the molecule is Cc1cc(/C=C(\C#N)C(=O)Nc2ccc3ccccc3c2)c(C)n1-c1ccc(Br)cc1. The summed E-state index contributed by atoms with van der Waals surface area (Å²) in [5.74, 6) is -0.425. The van der Waals surface area contributed by atoms with Crippen molar-refractivity contribution in [3.8, 4) is 11.8 Å². The molecular weight excluding hydrogens is 450 g/mol. The number of aromatic nitrogens is 1. The molecule has 0 saturated carbocycles. The number of hydrogen-bond acceptors (Lipinski definition) is 2. The van der Waals surface area contributed by atoms with Crippen molar-refractivity contribution in [1.82, 2.24) is 4.57 Å². The summed E-state index contributed by atoms with van der Waals surface area (Å²) in [7, 11) is 0. The van der Waals surface area contributed by atoms with Gasteiger partial charge in [-0.2, -0.15) is 5.26 Å². The van der Waals surface area contributed by atoms with Crippen molar-refractivity contribution in [2.75, 3.05) is 5.32 Å². The molecule has 3 aromatic carbocycles. The van der Waals surface area contributed by atoms with E-state index in [2.05, 4.69) is 25.8 Å². The van der Waals surface area contributed by atoms with Gasteiger partial charge in [-0.25, -0.2) is 0 Å². The number of amides is 1. The monoisotopic (exact) mass is 469 g/mol. The zero-order chi connectivity index (χ0) is 22.0. The Morgan fingerprint density at radius 2 is 1.71 bits per heavy atom. The summed E-state index contributed by atoms with van der Waals surface area (Å²) in [4.78, 5) is 12.8. The molecule has 0 bridgehead atoms. The Hall–Kier alpha value is -3.62. The second kappa shape index (κ2) is 8.63. The van der Waals surface area contributed by atoms with Crippen LogP contribution in [0.1, 0.15) is 17.0 Å².